The molecule has 98 valence electrons. The summed E-state index contributed by atoms with van der Waals surface area (Å²) < 4.78 is 1.68. The van der Waals surface area contributed by atoms with Crippen molar-refractivity contribution >= 4 is 11.6 Å². The summed E-state index contributed by atoms with van der Waals surface area (Å²) in [6, 6.07) is 0.887. The van der Waals surface area contributed by atoms with Gasteiger partial charge in [-0.1, -0.05) is 0 Å². The van der Waals surface area contributed by atoms with E-state index in [4.69, 9.17) is 0 Å². The van der Waals surface area contributed by atoms with Gasteiger partial charge in [0.15, 0.2) is 0 Å². The highest BCUT2D eigenvalue weighted by Crippen LogP contribution is 2.18. The minimum Gasteiger partial charge on any atom is -0.378 e. The highest BCUT2D eigenvalue weighted by Gasteiger charge is 2.23. The standard InChI is InChI=1S/C12H19N5O/c18-12(16-9-1-2-9)8-17-7-11(6-14-17)15-10-3-4-13-5-10/h6-7,9-10,13,15H,1-5,8H2,(H,16,18). The number of carbonyl (C=O) groups excluding carboxylic acids is 1. The molecule has 0 bridgehead atoms. The zero-order valence-corrected chi connectivity index (χ0v) is 10.4. The molecule has 3 N–H and O–H groups in total. The summed E-state index contributed by atoms with van der Waals surface area (Å²) in [4.78, 5) is 11.6. The molecule has 1 saturated carbocycles. The second-order valence-corrected chi connectivity index (χ2v) is 5.10. The van der Waals surface area contributed by atoms with Crippen LogP contribution in [0, 0.1) is 0 Å². The number of rotatable bonds is 5. The molecule has 18 heavy (non-hydrogen) atoms. The molecule has 1 atom stereocenters. The number of anilines is 1. The van der Waals surface area contributed by atoms with Gasteiger partial charge in [0.05, 0.1) is 11.9 Å². The van der Waals surface area contributed by atoms with Crippen LogP contribution >= 0.6 is 0 Å². The zero-order chi connectivity index (χ0) is 12.4. The summed E-state index contributed by atoms with van der Waals surface area (Å²) in [5.74, 6) is 0.0506. The third-order valence-electron chi connectivity index (χ3n) is 3.31. The molecule has 3 rings (SSSR count). The molecule has 2 aliphatic rings. The van der Waals surface area contributed by atoms with Gasteiger partial charge >= 0.3 is 0 Å². The number of hydrogen-bond acceptors (Lipinski definition) is 4. The van der Waals surface area contributed by atoms with Crippen LogP contribution in [0.3, 0.4) is 0 Å². The lowest BCUT2D eigenvalue weighted by molar-refractivity contribution is -0.122. The molecule has 0 radical (unpaired) electrons. The van der Waals surface area contributed by atoms with Crippen molar-refractivity contribution < 1.29 is 4.79 Å². The SMILES string of the molecule is O=C(Cn1cc(NC2CCNC2)cn1)NC1CC1. The Balaban J connectivity index is 1.50. The van der Waals surface area contributed by atoms with Gasteiger partial charge in [-0.25, -0.2) is 0 Å². The van der Waals surface area contributed by atoms with Crippen LogP contribution in [0.2, 0.25) is 0 Å². The van der Waals surface area contributed by atoms with E-state index in [2.05, 4.69) is 21.0 Å². The van der Waals surface area contributed by atoms with E-state index in [0.717, 1.165) is 38.0 Å². The molecule has 0 aromatic carbocycles. The number of amides is 1. The van der Waals surface area contributed by atoms with E-state index in [1.165, 1.54) is 0 Å². The predicted octanol–water partition coefficient (Wildman–Crippen LogP) is -0.0645. The predicted molar refractivity (Wildman–Crippen MR) is 68.3 cm³/mol. The largest absolute Gasteiger partial charge is 0.378 e. The summed E-state index contributed by atoms with van der Waals surface area (Å²) in [6.45, 7) is 2.37. The van der Waals surface area contributed by atoms with Gasteiger partial charge in [-0.15, -0.1) is 0 Å². The third kappa shape index (κ3) is 3.01. The van der Waals surface area contributed by atoms with Crippen molar-refractivity contribution in [1.82, 2.24) is 20.4 Å². The van der Waals surface area contributed by atoms with Gasteiger partial charge in [0.1, 0.15) is 6.54 Å². The Labute approximate surface area is 106 Å². The molecule has 1 aromatic heterocycles. The minimum absolute atomic E-state index is 0.0506. The maximum Gasteiger partial charge on any atom is 0.241 e. The molecule has 2 fully saturated rings. The first-order valence-corrected chi connectivity index (χ1v) is 6.59. The Bertz CT molecular complexity index is 420. The van der Waals surface area contributed by atoms with Crippen molar-refractivity contribution in [2.24, 2.45) is 0 Å². The summed E-state index contributed by atoms with van der Waals surface area (Å²) in [5.41, 5.74) is 0.989. The lowest BCUT2D eigenvalue weighted by Crippen LogP contribution is -2.29. The van der Waals surface area contributed by atoms with E-state index >= 15 is 0 Å². The summed E-state index contributed by atoms with van der Waals surface area (Å²) >= 11 is 0. The summed E-state index contributed by atoms with van der Waals surface area (Å²) in [6.07, 6.45) is 7.04. The fourth-order valence-electron chi connectivity index (χ4n) is 2.19. The molecular weight excluding hydrogens is 230 g/mol. The Morgan fingerprint density at radius 1 is 1.44 bits per heavy atom. The smallest absolute Gasteiger partial charge is 0.241 e. The molecule has 1 aliphatic heterocycles. The average molecular weight is 249 g/mol. The fourth-order valence-corrected chi connectivity index (χ4v) is 2.19. The maximum absolute atomic E-state index is 11.6. The van der Waals surface area contributed by atoms with Gasteiger partial charge in [0.2, 0.25) is 5.91 Å². The lowest BCUT2D eigenvalue weighted by atomic mass is 10.2. The fraction of sp³-hybridized carbons (Fsp3) is 0.667. The van der Waals surface area contributed by atoms with E-state index in [1.807, 2.05) is 6.20 Å². The Morgan fingerprint density at radius 2 is 2.33 bits per heavy atom. The van der Waals surface area contributed by atoms with Crippen LogP contribution in [-0.2, 0) is 11.3 Å². The van der Waals surface area contributed by atoms with Crippen LogP contribution in [0.25, 0.3) is 0 Å². The Morgan fingerprint density at radius 3 is 3.06 bits per heavy atom. The molecule has 0 spiro atoms. The summed E-state index contributed by atoms with van der Waals surface area (Å²) in [5, 5.41) is 13.9. The van der Waals surface area contributed by atoms with Gasteiger partial charge in [-0.2, -0.15) is 5.10 Å². The molecule has 1 unspecified atom stereocenters. The molecule has 1 amide bonds. The van der Waals surface area contributed by atoms with Crippen molar-refractivity contribution in [3.8, 4) is 0 Å². The Kier molecular flexibility index (Phi) is 3.19. The third-order valence-corrected chi connectivity index (χ3v) is 3.31. The highest BCUT2D eigenvalue weighted by molar-refractivity contribution is 5.76. The van der Waals surface area contributed by atoms with Crippen LogP contribution in [0.1, 0.15) is 19.3 Å². The first-order chi connectivity index (χ1) is 8.79. The first-order valence-electron chi connectivity index (χ1n) is 6.59. The normalized spacial score (nSPS) is 23.0. The second kappa shape index (κ2) is 4.97. The number of nitrogens with zero attached hydrogens (tertiary/aromatic N) is 2. The van der Waals surface area contributed by atoms with Crippen LogP contribution in [0.4, 0.5) is 5.69 Å². The van der Waals surface area contributed by atoms with Gasteiger partial charge < -0.3 is 16.0 Å². The molecule has 1 aliphatic carbocycles. The lowest BCUT2D eigenvalue weighted by Gasteiger charge is -2.09. The molecule has 6 heteroatoms. The molecule has 2 heterocycles. The van der Waals surface area contributed by atoms with E-state index in [1.54, 1.807) is 10.9 Å². The number of aromatic nitrogens is 2. The van der Waals surface area contributed by atoms with Crippen LogP contribution < -0.4 is 16.0 Å². The van der Waals surface area contributed by atoms with Crippen molar-refractivity contribution in [3.63, 3.8) is 0 Å². The monoisotopic (exact) mass is 249 g/mol. The minimum atomic E-state index is 0.0506. The quantitative estimate of drug-likeness (QED) is 0.683. The van der Waals surface area contributed by atoms with Crippen molar-refractivity contribution in [2.45, 2.75) is 37.9 Å². The summed E-state index contributed by atoms with van der Waals surface area (Å²) in [7, 11) is 0. The molecular formula is C12H19N5O. The zero-order valence-electron chi connectivity index (χ0n) is 10.4. The van der Waals surface area contributed by atoms with Gasteiger partial charge in [-0.05, 0) is 25.8 Å². The van der Waals surface area contributed by atoms with Gasteiger partial charge in [-0.3, -0.25) is 9.48 Å². The maximum atomic E-state index is 11.6. The first kappa shape index (κ1) is 11.5. The molecule has 1 aromatic rings. The van der Waals surface area contributed by atoms with E-state index in [9.17, 15) is 4.79 Å². The van der Waals surface area contributed by atoms with Gasteiger partial charge in [0.25, 0.3) is 0 Å². The average Bonchev–Trinajstić information content (AvgIpc) is 2.84. The van der Waals surface area contributed by atoms with Crippen LogP contribution in [0.15, 0.2) is 12.4 Å². The van der Waals surface area contributed by atoms with Crippen molar-refractivity contribution in [1.29, 1.82) is 0 Å². The van der Waals surface area contributed by atoms with Crippen LogP contribution in [-0.4, -0.2) is 40.9 Å². The molecule has 6 nitrogen and oxygen atoms in total. The number of carbonyl (C=O) groups is 1. The second-order valence-electron chi connectivity index (χ2n) is 5.10. The van der Waals surface area contributed by atoms with E-state index in [0.29, 0.717) is 18.6 Å². The van der Waals surface area contributed by atoms with Gasteiger partial charge in [0, 0.05) is 24.8 Å². The van der Waals surface area contributed by atoms with E-state index < -0.39 is 0 Å². The number of hydrogen-bond donors (Lipinski definition) is 3. The number of nitrogens with one attached hydrogen (secondary N) is 3. The van der Waals surface area contributed by atoms with E-state index in [-0.39, 0.29) is 5.91 Å². The molecule has 1 saturated heterocycles. The van der Waals surface area contributed by atoms with Crippen molar-refractivity contribution in [3.05, 3.63) is 12.4 Å². The van der Waals surface area contributed by atoms with Crippen LogP contribution in [0.5, 0.6) is 0 Å². The topological polar surface area (TPSA) is 71.0 Å². The highest BCUT2D eigenvalue weighted by atomic mass is 16.2. The van der Waals surface area contributed by atoms with Crippen molar-refractivity contribution in [2.75, 3.05) is 18.4 Å². The Hall–Kier alpha value is -1.56.